The molecule has 1 aliphatic rings. The molecule has 0 amide bonds. The first-order valence-corrected chi connectivity index (χ1v) is 5.51. The van der Waals surface area contributed by atoms with Crippen LogP contribution in [0.4, 0.5) is 0 Å². The lowest BCUT2D eigenvalue weighted by Gasteiger charge is -2.39. The van der Waals surface area contributed by atoms with Gasteiger partial charge in [0.25, 0.3) is 0 Å². The van der Waals surface area contributed by atoms with Gasteiger partial charge in [-0.3, -0.25) is 4.90 Å². The van der Waals surface area contributed by atoms with E-state index < -0.39 is 0 Å². The maximum absolute atomic E-state index is 9.24. The minimum Gasteiger partial charge on any atom is -0.396 e. The van der Waals surface area contributed by atoms with E-state index in [2.05, 4.69) is 34.3 Å². The van der Waals surface area contributed by atoms with Crippen LogP contribution in [0, 0.1) is 5.41 Å². The van der Waals surface area contributed by atoms with Gasteiger partial charge in [-0.2, -0.15) is 0 Å². The summed E-state index contributed by atoms with van der Waals surface area (Å²) < 4.78 is 1.02. The van der Waals surface area contributed by atoms with Crippen LogP contribution in [0.15, 0.2) is 11.1 Å². The van der Waals surface area contributed by atoms with E-state index in [0.29, 0.717) is 0 Å². The molecule has 1 aliphatic heterocycles. The monoisotopic (exact) mass is 247 g/mol. The molecule has 0 aliphatic carbocycles. The van der Waals surface area contributed by atoms with Gasteiger partial charge in [-0.1, -0.05) is 29.4 Å². The molecule has 0 saturated carbocycles. The number of rotatable bonds is 3. The lowest BCUT2D eigenvalue weighted by atomic mass is 9.83. The lowest BCUT2D eigenvalue weighted by molar-refractivity contribution is 0.0521. The summed E-state index contributed by atoms with van der Waals surface area (Å²) in [7, 11) is 0. The molecule has 0 radical (unpaired) electrons. The van der Waals surface area contributed by atoms with Gasteiger partial charge in [0.15, 0.2) is 0 Å². The Labute approximate surface area is 88.7 Å². The van der Waals surface area contributed by atoms with Gasteiger partial charge in [0, 0.05) is 29.6 Å². The average Bonchev–Trinajstić information content (AvgIpc) is 2.03. The molecular weight excluding hydrogens is 230 g/mol. The summed E-state index contributed by atoms with van der Waals surface area (Å²) in [5.41, 5.74) is 0.0979. The summed E-state index contributed by atoms with van der Waals surface area (Å²) in [6.07, 6.45) is 2.31. The number of aliphatic hydroxyl groups is 1. The predicted octanol–water partition coefficient (Wildman–Crippen LogP) is 1.99. The number of likely N-dealkylation sites (tertiary alicyclic amines) is 1. The van der Waals surface area contributed by atoms with Crippen molar-refractivity contribution in [2.24, 2.45) is 5.41 Å². The van der Waals surface area contributed by atoms with E-state index in [1.165, 1.54) is 6.42 Å². The van der Waals surface area contributed by atoms with Gasteiger partial charge in [0.05, 0.1) is 0 Å². The third-order valence-corrected chi connectivity index (χ3v) is 2.89. The minimum absolute atomic E-state index is 0.0979. The average molecular weight is 248 g/mol. The minimum atomic E-state index is 0.0979. The summed E-state index contributed by atoms with van der Waals surface area (Å²) in [5.74, 6) is 0. The van der Waals surface area contributed by atoms with Gasteiger partial charge < -0.3 is 5.11 Å². The second-order valence-corrected chi connectivity index (χ2v) is 5.42. The Balaban J connectivity index is 2.46. The van der Waals surface area contributed by atoms with Crippen LogP contribution in [0.5, 0.6) is 0 Å². The topological polar surface area (TPSA) is 23.5 Å². The van der Waals surface area contributed by atoms with Crippen LogP contribution < -0.4 is 0 Å². The fourth-order valence-corrected chi connectivity index (χ4v) is 2.29. The maximum Gasteiger partial charge on any atom is 0.0497 e. The smallest absolute Gasteiger partial charge is 0.0497 e. The maximum atomic E-state index is 9.24. The standard InChI is InChI=1S/C10H18BrNO/c1-9(11)6-12-5-3-4-10(2,7-12)8-13/h13H,1,3-8H2,2H3. The molecule has 0 aromatic rings. The Morgan fingerprint density at radius 1 is 1.69 bits per heavy atom. The second-order valence-electron chi connectivity index (χ2n) is 4.30. The van der Waals surface area contributed by atoms with Crippen LogP contribution in [0.25, 0.3) is 0 Å². The third-order valence-electron chi connectivity index (χ3n) is 2.64. The lowest BCUT2D eigenvalue weighted by Crippen LogP contribution is -2.43. The van der Waals surface area contributed by atoms with Crippen molar-refractivity contribution < 1.29 is 5.11 Å². The van der Waals surface area contributed by atoms with Crippen LogP contribution in [0.1, 0.15) is 19.8 Å². The first-order valence-electron chi connectivity index (χ1n) is 4.72. The summed E-state index contributed by atoms with van der Waals surface area (Å²) in [6, 6.07) is 0. The van der Waals surface area contributed by atoms with Crippen molar-refractivity contribution in [3.63, 3.8) is 0 Å². The van der Waals surface area contributed by atoms with Crippen molar-refractivity contribution in [2.45, 2.75) is 19.8 Å². The first kappa shape index (κ1) is 11.2. The summed E-state index contributed by atoms with van der Waals surface area (Å²) >= 11 is 3.37. The van der Waals surface area contributed by atoms with E-state index in [0.717, 1.165) is 30.5 Å². The zero-order chi connectivity index (χ0) is 9.90. The molecule has 1 atom stereocenters. The molecule has 0 spiro atoms. The largest absolute Gasteiger partial charge is 0.396 e. The molecule has 2 nitrogen and oxygen atoms in total. The van der Waals surface area contributed by atoms with E-state index >= 15 is 0 Å². The Kier molecular flexibility index (Phi) is 3.95. The Hall–Kier alpha value is 0.140. The molecule has 1 rings (SSSR count). The van der Waals surface area contributed by atoms with Crippen molar-refractivity contribution >= 4 is 15.9 Å². The highest BCUT2D eigenvalue weighted by molar-refractivity contribution is 9.11. The van der Waals surface area contributed by atoms with Gasteiger partial charge in [0.2, 0.25) is 0 Å². The molecule has 1 fully saturated rings. The third kappa shape index (κ3) is 3.41. The first-order chi connectivity index (χ1) is 6.06. The molecule has 0 aromatic heterocycles. The summed E-state index contributed by atoms with van der Waals surface area (Å²) in [6.45, 7) is 9.28. The molecular formula is C10H18BrNO. The molecule has 0 aromatic carbocycles. The Bertz CT molecular complexity index is 195. The Morgan fingerprint density at radius 3 is 2.92 bits per heavy atom. The zero-order valence-corrected chi connectivity index (χ0v) is 9.81. The number of aliphatic hydroxyl groups excluding tert-OH is 1. The summed E-state index contributed by atoms with van der Waals surface area (Å²) in [5, 5.41) is 9.24. The number of piperidine rings is 1. The molecule has 0 bridgehead atoms. The van der Waals surface area contributed by atoms with Gasteiger partial charge in [0.1, 0.15) is 0 Å². The normalized spacial score (nSPS) is 30.4. The number of hydrogen-bond acceptors (Lipinski definition) is 2. The van der Waals surface area contributed by atoms with E-state index in [-0.39, 0.29) is 12.0 Å². The molecule has 1 unspecified atom stereocenters. The number of hydrogen-bond donors (Lipinski definition) is 1. The van der Waals surface area contributed by atoms with E-state index in [1.54, 1.807) is 0 Å². The fraction of sp³-hybridized carbons (Fsp3) is 0.800. The van der Waals surface area contributed by atoms with Gasteiger partial charge in [-0.25, -0.2) is 0 Å². The highest BCUT2D eigenvalue weighted by Gasteiger charge is 2.29. The van der Waals surface area contributed by atoms with Gasteiger partial charge in [-0.05, 0) is 19.4 Å². The van der Waals surface area contributed by atoms with Crippen molar-refractivity contribution in [2.75, 3.05) is 26.2 Å². The van der Waals surface area contributed by atoms with E-state index in [9.17, 15) is 5.11 Å². The van der Waals surface area contributed by atoms with Gasteiger partial charge in [-0.15, -0.1) is 0 Å². The van der Waals surface area contributed by atoms with Crippen molar-refractivity contribution in [1.29, 1.82) is 0 Å². The van der Waals surface area contributed by atoms with Crippen molar-refractivity contribution in [3.05, 3.63) is 11.1 Å². The molecule has 13 heavy (non-hydrogen) atoms. The highest BCUT2D eigenvalue weighted by atomic mass is 79.9. The fourth-order valence-electron chi connectivity index (χ4n) is 1.93. The predicted molar refractivity (Wildman–Crippen MR) is 58.9 cm³/mol. The van der Waals surface area contributed by atoms with Crippen LogP contribution >= 0.6 is 15.9 Å². The second kappa shape index (κ2) is 4.58. The molecule has 1 N–H and O–H groups in total. The van der Waals surface area contributed by atoms with Crippen molar-refractivity contribution in [3.8, 4) is 0 Å². The van der Waals surface area contributed by atoms with Crippen LogP contribution in [0.2, 0.25) is 0 Å². The highest BCUT2D eigenvalue weighted by Crippen LogP contribution is 2.29. The zero-order valence-electron chi connectivity index (χ0n) is 8.22. The number of halogens is 1. The SMILES string of the molecule is C=C(Br)CN1CCCC(C)(CO)C1. The number of nitrogens with zero attached hydrogens (tertiary/aromatic N) is 1. The summed E-state index contributed by atoms with van der Waals surface area (Å²) in [4.78, 5) is 2.34. The van der Waals surface area contributed by atoms with Gasteiger partial charge >= 0.3 is 0 Å². The van der Waals surface area contributed by atoms with E-state index in [4.69, 9.17) is 0 Å². The van der Waals surface area contributed by atoms with Crippen LogP contribution in [-0.2, 0) is 0 Å². The Morgan fingerprint density at radius 2 is 2.38 bits per heavy atom. The van der Waals surface area contributed by atoms with E-state index in [1.807, 2.05) is 0 Å². The molecule has 1 heterocycles. The molecule has 3 heteroatoms. The quantitative estimate of drug-likeness (QED) is 0.825. The van der Waals surface area contributed by atoms with Crippen molar-refractivity contribution in [1.82, 2.24) is 4.90 Å². The molecule has 76 valence electrons. The van der Waals surface area contributed by atoms with Crippen LogP contribution in [-0.4, -0.2) is 36.2 Å². The molecule has 1 saturated heterocycles. The van der Waals surface area contributed by atoms with Crippen LogP contribution in [0.3, 0.4) is 0 Å².